The zero-order valence-electron chi connectivity index (χ0n) is 20.0. The van der Waals surface area contributed by atoms with E-state index in [1.54, 1.807) is 35.6 Å². The van der Waals surface area contributed by atoms with Gasteiger partial charge in [-0.2, -0.15) is 30.7 Å². The first-order chi connectivity index (χ1) is 18.6. The van der Waals surface area contributed by atoms with Crippen LogP contribution in [0.15, 0.2) is 72.8 Å². The second-order valence-corrected chi connectivity index (χ2v) is 8.47. The summed E-state index contributed by atoms with van der Waals surface area (Å²) in [6, 6.07) is 12.5. The molecule has 0 saturated carbocycles. The van der Waals surface area contributed by atoms with E-state index in [2.05, 4.69) is 10.1 Å². The topological polar surface area (TPSA) is 70.6 Å². The van der Waals surface area contributed by atoms with Crippen LogP contribution in [0.4, 0.5) is 44.3 Å². The maximum atomic E-state index is 14.7. The maximum Gasteiger partial charge on any atom is 0.461 e. The van der Waals surface area contributed by atoms with E-state index >= 15 is 0 Å². The van der Waals surface area contributed by atoms with Gasteiger partial charge >= 0.3 is 24.7 Å². The molecule has 0 saturated heterocycles. The molecule has 0 aliphatic heterocycles. The number of ether oxygens (including phenoxy) is 1. The molecule has 3 aromatic rings. The van der Waals surface area contributed by atoms with Gasteiger partial charge in [-0.1, -0.05) is 42.5 Å². The predicted molar refractivity (Wildman–Crippen MR) is 123 cm³/mol. The van der Waals surface area contributed by atoms with Gasteiger partial charge in [0.15, 0.2) is 6.10 Å². The van der Waals surface area contributed by atoms with Crippen LogP contribution in [0.25, 0.3) is 0 Å². The van der Waals surface area contributed by atoms with Gasteiger partial charge < -0.3 is 20.5 Å². The lowest BCUT2D eigenvalue weighted by Gasteiger charge is -2.37. The van der Waals surface area contributed by atoms with Crippen molar-refractivity contribution in [2.45, 2.75) is 36.8 Å². The standard InChI is InChI=1S/C26H20F9N2O3/c27-18-8-6-16(7-9-18)24(13-15-4-2-1-3-5-15,37-23(39)36-14-21(38)25(31,32)33)17-10-19(28)12-20(11-17)40-26(34,35)22(29)30/h1-12,14,21-22,38H,13H2,(H2,36,37,39)/t21-,24+/m0/s1. The molecule has 3 N–H and O–H groups in total. The van der Waals surface area contributed by atoms with Crippen molar-refractivity contribution in [2.75, 3.05) is 0 Å². The lowest BCUT2D eigenvalue weighted by Crippen LogP contribution is -2.52. The first-order valence-electron chi connectivity index (χ1n) is 11.3. The number of alkyl halides is 7. The van der Waals surface area contributed by atoms with E-state index in [1.165, 1.54) is 0 Å². The number of urea groups is 1. The number of carbonyl (C=O) groups excluding carboxylic acids is 1. The summed E-state index contributed by atoms with van der Waals surface area (Å²) >= 11 is 0. The molecule has 1 radical (unpaired) electrons. The van der Waals surface area contributed by atoms with Gasteiger partial charge in [0.25, 0.3) is 0 Å². The van der Waals surface area contributed by atoms with Gasteiger partial charge in [0.2, 0.25) is 0 Å². The van der Waals surface area contributed by atoms with Crippen LogP contribution in [0.1, 0.15) is 16.7 Å². The van der Waals surface area contributed by atoms with Crippen molar-refractivity contribution >= 4 is 6.03 Å². The van der Waals surface area contributed by atoms with Crippen LogP contribution in [-0.4, -0.2) is 36.0 Å². The molecule has 5 nitrogen and oxygen atoms in total. The van der Waals surface area contributed by atoms with Crippen molar-refractivity contribution in [2.24, 2.45) is 0 Å². The largest absolute Gasteiger partial charge is 0.461 e. The summed E-state index contributed by atoms with van der Waals surface area (Å²) in [6.07, 6.45) is -17.8. The minimum atomic E-state index is -5.13. The molecule has 40 heavy (non-hydrogen) atoms. The molecule has 215 valence electrons. The third kappa shape index (κ3) is 7.58. The normalized spacial score (nSPS) is 14.4. The minimum Gasteiger partial charge on any atom is -0.428 e. The van der Waals surface area contributed by atoms with E-state index in [0.717, 1.165) is 36.4 Å². The molecular formula is C26H20F9N2O3. The highest BCUT2D eigenvalue weighted by Gasteiger charge is 2.45. The van der Waals surface area contributed by atoms with Crippen LogP contribution in [-0.2, 0) is 12.0 Å². The summed E-state index contributed by atoms with van der Waals surface area (Å²) < 4.78 is 124. The van der Waals surface area contributed by atoms with Crippen LogP contribution >= 0.6 is 0 Å². The number of halogens is 9. The van der Waals surface area contributed by atoms with Gasteiger partial charge in [-0.3, -0.25) is 0 Å². The first-order valence-corrected chi connectivity index (χ1v) is 11.3. The summed E-state index contributed by atoms with van der Waals surface area (Å²) in [4.78, 5) is 12.8. The van der Waals surface area contributed by atoms with Crippen LogP contribution in [0.3, 0.4) is 0 Å². The van der Waals surface area contributed by atoms with E-state index < -0.39 is 53.8 Å². The van der Waals surface area contributed by atoms with Crippen molar-refractivity contribution in [3.8, 4) is 5.75 Å². The summed E-state index contributed by atoms with van der Waals surface area (Å²) in [6.45, 7) is 0.0105. The van der Waals surface area contributed by atoms with Crippen molar-refractivity contribution in [3.63, 3.8) is 0 Å². The average Bonchev–Trinajstić information content (AvgIpc) is 2.86. The lowest BCUT2D eigenvalue weighted by molar-refractivity contribution is -0.253. The number of benzene rings is 3. The Morgan fingerprint density at radius 3 is 2.08 bits per heavy atom. The summed E-state index contributed by atoms with van der Waals surface area (Å²) in [7, 11) is 0. The summed E-state index contributed by atoms with van der Waals surface area (Å²) in [5.41, 5.74) is -2.02. The van der Waals surface area contributed by atoms with E-state index in [9.17, 15) is 49.4 Å². The fraction of sp³-hybridized carbons (Fsp3) is 0.231. The fourth-order valence-corrected chi connectivity index (χ4v) is 3.74. The Morgan fingerprint density at radius 1 is 0.875 bits per heavy atom. The van der Waals surface area contributed by atoms with Gasteiger partial charge in [0.05, 0.1) is 12.1 Å². The number of hydrogen-bond acceptors (Lipinski definition) is 3. The van der Waals surface area contributed by atoms with Crippen molar-refractivity contribution in [3.05, 3.63) is 108 Å². The van der Waals surface area contributed by atoms with Crippen LogP contribution < -0.4 is 15.4 Å². The predicted octanol–water partition coefficient (Wildman–Crippen LogP) is 6.07. The second kappa shape index (κ2) is 12.1. The van der Waals surface area contributed by atoms with Crippen molar-refractivity contribution in [1.29, 1.82) is 0 Å². The third-order valence-electron chi connectivity index (χ3n) is 5.56. The Morgan fingerprint density at radius 2 is 1.50 bits per heavy atom. The molecule has 0 spiro atoms. The molecule has 0 aliphatic carbocycles. The highest BCUT2D eigenvalue weighted by molar-refractivity contribution is 5.77. The molecule has 0 aliphatic rings. The zero-order valence-corrected chi connectivity index (χ0v) is 20.0. The number of aliphatic hydroxyl groups is 1. The van der Waals surface area contributed by atoms with E-state index in [-0.39, 0.29) is 24.1 Å². The number of rotatable bonds is 10. The molecule has 14 heteroatoms. The maximum absolute atomic E-state index is 14.7. The number of aliphatic hydroxyl groups excluding tert-OH is 1. The van der Waals surface area contributed by atoms with E-state index in [0.29, 0.717) is 11.6 Å². The molecular weight excluding hydrogens is 559 g/mol. The van der Waals surface area contributed by atoms with Gasteiger partial charge in [0.1, 0.15) is 17.4 Å². The van der Waals surface area contributed by atoms with Crippen LogP contribution in [0.2, 0.25) is 0 Å². The summed E-state index contributed by atoms with van der Waals surface area (Å²) in [5.74, 6) is -3.08. The number of carbonyl (C=O) groups is 1. The molecule has 2 atom stereocenters. The molecule has 0 heterocycles. The molecule has 0 fully saturated rings. The average molecular weight is 579 g/mol. The van der Waals surface area contributed by atoms with Gasteiger partial charge in [0, 0.05) is 12.5 Å². The van der Waals surface area contributed by atoms with Gasteiger partial charge in [-0.25, -0.2) is 13.6 Å². The Balaban J connectivity index is 2.18. The monoisotopic (exact) mass is 579 g/mol. The summed E-state index contributed by atoms with van der Waals surface area (Å²) in [5, 5.41) is 13.2. The Kier molecular flexibility index (Phi) is 9.23. The van der Waals surface area contributed by atoms with Crippen LogP contribution in [0.5, 0.6) is 5.75 Å². The zero-order chi connectivity index (χ0) is 29.7. The van der Waals surface area contributed by atoms with Gasteiger partial charge in [-0.05, 0) is 41.0 Å². The van der Waals surface area contributed by atoms with Gasteiger partial charge in [-0.15, -0.1) is 0 Å². The van der Waals surface area contributed by atoms with Crippen molar-refractivity contribution in [1.82, 2.24) is 10.6 Å². The Bertz CT molecular complexity index is 1290. The molecule has 0 aromatic heterocycles. The van der Waals surface area contributed by atoms with Crippen molar-refractivity contribution < 1.29 is 54.2 Å². The van der Waals surface area contributed by atoms with Crippen LogP contribution in [0, 0.1) is 18.2 Å². The fourth-order valence-electron chi connectivity index (χ4n) is 3.74. The first kappa shape index (κ1) is 30.6. The molecule has 0 unspecified atom stereocenters. The number of nitrogens with one attached hydrogen (secondary N) is 2. The smallest absolute Gasteiger partial charge is 0.428 e. The highest BCUT2D eigenvalue weighted by atomic mass is 19.4. The van der Waals surface area contributed by atoms with E-state index in [1.807, 2.05) is 0 Å². The second-order valence-electron chi connectivity index (χ2n) is 8.47. The molecule has 2 amide bonds. The SMILES string of the molecule is O=C(N[CH][C@H](O)C(F)(F)F)N[C@](Cc1ccccc1)(c1ccc(F)cc1)c1cc(F)cc(OC(F)(F)C(F)F)c1. The third-order valence-corrected chi connectivity index (χ3v) is 5.56. The Labute approximate surface area is 221 Å². The minimum absolute atomic E-state index is 0.0105. The number of hydrogen-bond donors (Lipinski definition) is 3. The van der Waals surface area contributed by atoms with E-state index in [4.69, 9.17) is 0 Å². The molecule has 3 aromatic carbocycles. The molecule has 3 rings (SSSR count). The molecule has 0 bridgehead atoms. The Hall–Kier alpha value is -3.94. The quantitative estimate of drug-likeness (QED) is 0.256. The lowest BCUT2D eigenvalue weighted by atomic mass is 9.77. The highest BCUT2D eigenvalue weighted by Crippen LogP contribution is 2.38. The number of amides is 2.